The molecule has 5 aromatic rings. The molecule has 2 aromatic heterocycles. The molecule has 0 amide bonds. The van der Waals surface area contributed by atoms with Gasteiger partial charge in [-0.05, 0) is 59.7 Å². The van der Waals surface area contributed by atoms with E-state index in [9.17, 15) is 4.79 Å². The number of benzene rings is 3. The molecule has 0 saturated carbocycles. The Morgan fingerprint density at radius 1 is 0.966 bits per heavy atom. The Kier molecular flexibility index (Phi) is 4.13. The molecular formula is C25H22N2O2. The third-order valence-electron chi connectivity index (χ3n) is 5.71. The number of ether oxygens (including phenoxy) is 1. The molecule has 2 N–H and O–H groups in total. The number of aromatic nitrogens is 2. The van der Waals surface area contributed by atoms with Gasteiger partial charge in [-0.2, -0.15) is 0 Å². The van der Waals surface area contributed by atoms with Gasteiger partial charge in [0.15, 0.2) is 0 Å². The molecule has 29 heavy (non-hydrogen) atoms. The summed E-state index contributed by atoms with van der Waals surface area (Å²) in [5, 5.41) is 3.98. The Balaban J connectivity index is 1.72. The van der Waals surface area contributed by atoms with E-state index in [0.29, 0.717) is 6.61 Å². The molecule has 2 heterocycles. The number of hydrogen-bond acceptors (Lipinski definition) is 2. The molecule has 4 heteroatoms. The Morgan fingerprint density at radius 2 is 1.79 bits per heavy atom. The van der Waals surface area contributed by atoms with E-state index in [1.165, 1.54) is 5.56 Å². The first-order valence-electron chi connectivity index (χ1n) is 9.92. The third-order valence-corrected chi connectivity index (χ3v) is 5.71. The summed E-state index contributed by atoms with van der Waals surface area (Å²) in [4.78, 5) is 19.0. The van der Waals surface area contributed by atoms with Gasteiger partial charge in [0, 0.05) is 22.5 Å². The number of fused-ring (bicyclic) bond motifs is 4. The second-order valence-corrected chi connectivity index (χ2v) is 7.41. The van der Waals surface area contributed by atoms with E-state index < -0.39 is 0 Å². The van der Waals surface area contributed by atoms with Crippen LogP contribution in [0, 0.1) is 6.92 Å². The van der Waals surface area contributed by atoms with Crippen molar-refractivity contribution in [2.75, 3.05) is 0 Å². The maximum atomic E-state index is 12.6. The van der Waals surface area contributed by atoms with Gasteiger partial charge in [0.2, 0.25) is 0 Å². The van der Waals surface area contributed by atoms with Gasteiger partial charge in [-0.25, -0.2) is 0 Å². The van der Waals surface area contributed by atoms with Gasteiger partial charge in [0.25, 0.3) is 5.56 Å². The van der Waals surface area contributed by atoms with Crippen molar-refractivity contribution in [1.29, 1.82) is 0 Å². The zero-order valence-electron chi connectivity index (χ0n) is 16.5. The predicted molar refractivity (Wildman–Crippen MR) is 119 cm³/mol. The molecule has 3 aromatic carbocycles. The fourth-order valence-electron chi connectivity index (χ4n) is 4.35. The van der Waals surface area contributed by atoms with Crippen LogP contribution >= 0.6 is 0 Å². The largest absolute Gasteiger partial charge is 0.489 e. The molecule has 0 aliphatic rings. The van der Waals surface area contributed by atoms with Gasteiger partial charge in [0.05, 0.1) is 10.9 Å². The quantitative estimate of drug-likeness (QED) is 0.424. The van der Waals surface area contributed by atoms with E-state index >= 15 is 0 Å². The van der Waals surface area contributed by atoms with Crippen LogP contribution in [0.25, 0.3) is 32.6 Å². The summed E-state index contributed by atoms with van der Waals surface area (Å²) in [6, 6.07) is 18.3. The monoisotopic (exact) mass is 382 g/mol. The molecule has 4 nitrogen and oxygen atoms in total. The fourth-order valence-corrected chi connectivity index (χ4v) is 4.35. The molecule has 0 fully saturated rings. The minimum atomic E-state index is -0.0394. The number of pyridine rings is 1. The number of hydrogen-bond donors (Lipinski definition) is 2. The molecule has 0 aliphatic carbocycles. The van der Waals surface area contributed by atoms with Gasteiger partial charge in [-0.3, -0.25) is 4.79 Å². The van der Waals surface area contributed by atoms with Crippen molar-refractivity contribution in [2.45, 2.75) is 26.9 Å². The first kappa shape index (κ1) is 17.6. The van der Waals surface area contributed by atoms with Crippen LogP contribution in [0.1, 0.15) is 23.6 Å². The van der Waals surface area contributed by atoms with Crippen molar-refractivity contribution in [1.82, 2.24) is 9.97 Å². The molecule has 0 spiro atoms. The van der Waals surface area contributed by atoms with E-state index in [0.717, 1.165) is 55.9 Å². The second kappa shape index (κ2) is 6.82. The second-order valence-electron chi connectivity index (χ2n) is 7.41. The molecule has 0 unspecified atom stereocenters. The van der Waals surface area contributed by atoms with Crippen LogP contribution in [0.4, 0.5) is 0 Å². The lowest BCUT2D eigenvalue weighted by Gasteiger charge is -2.10. The average Bonchev–Trinajstić information content (AvgIpc) is 3.12. The summed E-state index contributed by atoms with van der Waals surface area (Å²) in [5.41, 5.74) is 5.43. The number of nitrogens with one attached hydrogen (secondary N) is 2. The van der Waals surface area contributed by atoms with Crippen molar-refractivity contribution in [3.63, 3.8) is 0 Å². The third kappa shape index (κ3) is 2.80. The Labute approximate surface area is 168 Å². The molecular weight excluding hydrogens is 360 g/mol. The molecule has 0 atom stereocenters. The highest BCUT2D eigenvalue weighted by molar-refractivity contribution is 6.16. The summed E-state index contributed by atoms with van der Waals surface area (Å²) < 4.78 is 6.04. The van der Waals surface area contributed by atoms with Crippen LogP contribution in [0.3, 0.4) is 0 Å². The number of rotatable bonds is 4. The smallest absolute Gasteiger partial charge is 0.256 e. The molecule has 5 rings (SSSR count). The Hall–Kier alpha value is -3.53. The maximum Gasteiger partial charge on any atom is 0.256 e. The number of H-pyrrole nitrogens is 2. The van der Waals surface area contributed by atoms with Crippen molar-refractivity contribution < 1.29 is 4.74 Å². The highest BCUT2D eigenvalue weighted by Crippen LogP contribution is 2.37. The average molecular weight is 382 g/mol. The van der Waals surface area contributed by atoms with Gasteiger partial charge < -0.3 is 14.7 Å². The lowest BCUT2D eigenvalue weighted by atomic mass is 9.95. The lowest BCUT2D eigenvalue weighted by molar-refractivity contribution is 0.306. The van der Waals surface area contributed by atoms with Crippen molar-refractivity contribution in [2.24, 2.45) is 0 Å². The standard InChI is InChI=1S/C25H22N2O2/c1-3-18-19-11-12-26-25(28)23(19)15(2)22-20-13-17(9-10-21(20)27-24(18)22)29-14-16-7-5-4-6-8-16/h4-13,27H,3,14H2,1-2H3,(H,26,28). The summed E-state index contributed by atoms with van der Waals surface area (Å²) in [6.45, 7) is 4.69. The Bertz CT molecular complexity index is 1410. The number of aryl methyl sites for hydroxylation is 2. The zero-order chi connectivity index (χ0) is 20.0. The van der Waals surface area contributed by atoms with Crippen LogP contribution in [0.2, 0.25) is 0 Å². The van der Waals surface area contributed by atoms with E-state index in [1.54, 1.807) is 6.20 Å². The van der Waals surface area contributed by atoms with E-state index in [-0.39, 0.29) is 5.56 Å². The van der Waals surface area contributed by atoms with Crippen LogP contribution in [-0.2, 0) is 13.0 Å². The van der Waals surface area contributed by atoms with Gasteiger partial charge in [0.1, 0.15) is 12.4 Å². The van der Waals surface area contributed by atoms with E-state index in [2.05, 4.69) is 41.2 Å². The molecule has 0 bridgehead atoms. The molecule has 0 saturated heterocycles. The summed E-state index contributed by atoms with van der Waals surface area (Å²) in [5.74, 6) is 0.821. The van der Waals surface area contributed by atoms with Crippen LogP contribution in [-0.4, -0.2) is 9.97 Å². The van der Waals surface area contributed by atoms with Crippen molar-refractivity contribution in [3.05, 3.63) is 87.8 Å². The lowest BCUT2D eigenvalue weighted by Crippen LogP contribution is -2.07. The summed E-state index contributed by atoms with van der Waals surface area (Å²) in [6.07, 6.45) is 2.58. The minimum Gasteiger partial charge on any atom is -0.489 e. The molecule has 0 radical (unpaired) electrons. The van der Waals surface area contributed by atoms with Crippen molar-refractivity contribution in [3.8, 4) is 5.75 Å². The predicted octanol–water partition coefficient (Wildman–Crippen LogP) is 5.61. The number of aromatic amines is 2. The highest BCUT2D eigenvalue weighted by Gasteiger charge is 2.17. The van der Waals surface area contributed by atoms with E-state index in [4.69, 9.17) is 4.74 Å². The fraction of sp³-hybridized carbons (Fsp3) is 0.160. The SMILES string of the molecule is CCc1c2cc[nH]c(=O)c2c(C)c2c1[nH]c1ccc(OCc3ccccc3)cc12. The first-order chi connectivity index (χ1) is 14.2. The highest BCUT2D eigenvalue weighted by atomic mass is 16.5. The van der Waals surface area contributed by atoms with Crippen LogP contribution in [0.15, 0.2) is 65.6 Å². The zero-order valence-corrected chi connectivity index (χ0v) is 16.5. The van der Waals surface area contributed by atoms with E-state index in [1.807, 2.05) is 37.3 Å². The van der Waals surface area contributed by atoms with Crippen LogP contribution < -0.4 is 10.3 Å². The molecule has 144 valence electrons. The molecule has 0 aliphatic heterocycles. The van der Waals surface area contributed by atoms with Crippen LogP contribution in [0.5, 0.6) is 5.75 Å². The summed E-state index contributed by atoms with van der Waals surface area (Å²) in [7, 11) is 0. The minimum absolute atomic E-state index is 0.0394. The maximum absolute atomic E-state index is 12.6. The van der Waals surface area contributed by atoms with Crippen molar-refractivity contribution >= 4 is 32.6 Å². The Morgan fingerprint density at radius 3 is 2.59 bits per heavy atom. The van der Waals surface area contributed by atoms with Gasteiger partial charge in [-0.15, -0.1) is 0 Å². The van der Waals surface area contributed by atoms with Gasteiger partial charge in [-0.1, -0.05) is 37.3 Å². The first-order valence-corrected chi connectivity index (χ1v) is 9.92. The normalized spacial score (nSPS) is 11.5. The summed E-state index contributed by atoms with van der Waals surface area (Å²) >= 11 is 0. The topological polar surface area (TPSA) is 57.9 Å². The van der Waals surface area contributed by atoms with Gasteiger partial charge >= 0.3 is 0 Å².